The van der Waals surface area contributed by atoms with Gasteiger partial charge in [-0.25, -0.2) is 9.97 Å². The summed E-state index contributed by atoms with van der Waals surface area (Å²) in [6.45, 7) is 2.07. The van der Waals surface area contributed by atoms with Crippen molar-refractivity contribution in [2.75, 3.05) is 0 Å². The Hall–Kier alpha value is -2.55. The lowest BCUT2D eigenvalue weighted by Gasteiger charge is -2.04. The van der Waals surface area contributed by atoms with Crippen LogP contribution in [-0.2, 0) is 0 Å². The summed E-state index contributed by atoms with van der Waals surface area (Å²) in [5.74, 6) is 0.737. The molecule has 0 fully saturated rings. The number of pyridine rings is 1. The van der Waals surface area contributed by atoms with Crippen molar-refractivity contribution in [3.8, 4) is 22.6 Å². The van der Waals surface area contributed by atoms with Gasteiger partial charge in [-0.1, -0.05) is 29.8 Å². The van der Waals surface area contributed by atoms with E-state index in [-0.39, 0.29) is 0 Å². The standard InChI is InChI=1S/C16H13N3/c1-12-4-6-13(7-5-12)16-18-10-8-15(19-16)14-3-2-9-17-11-14/h2-11H,1H3. The maximum absolute atomic E-state index is 4.59. The lowest BCUT2D eigenvalue weighted by molar-refractivity contribution is 1.17. The Morgan fingerprint density at radius 2 is 1.68 bits per heavy atom. The first-order valence-electron chi connectivity index (χ1n) is 6.13. The minimum absolute atomic E-state index is 0.737. The van der Waals surface area contributed by atoms with Crippen molar-refractivity contribution in [2.24, 2.45) is 0 Å². The maximum atomic E-state index is 4.59. The van der Waals surface area contributed by atoms with Gasteiger partial charge in [-0.3, -0.25) is 4.98 Å². The summed E-state index contributed by atoms with van der Waals surface area (Å²) in [7, 11) is 0. The number of rotatable bonds is 2. The predicted molar refractivity (Wildman–Crippen MR) is 75.4 cm³/mol. The molecule has 0 aliphatic heterocycles. The molecule has 2 aromatic heterocycles. The SMILES string of the molecule is Cc1ccc(-c2nccc(-c3cccnc3)n2)cc1. The van der Waals surface area contributed by atoms with E-state index in [4.69, 9.17) is 0 Å². The lowest BCUT2D eigenvalue weighted by atomic mass is 10.1. The highest BCUT2D eigenvalue weighted by Crippen LogP contribution is 2.20. The van der Waals surface area contributed by atoms with Gasteiger partial charge < -0.3 is 0 Å². The number of aromatic nitrogens is 3. The largest absolute Gasteiger partial charge is 0.264 e. The van der Waals surface area contributed by atoms with E-state index in [1.807, 2.05) is 30.3 Å². The second kappa shape index (κ2) is 4.98. The van der Waals surface area contributed by atoms with Gasteiger partial charge in [-0.05, 0) is 25.1 Å². The van der Waals surface area contributed by atoms with Crippen LogP contribution >= 0.6 is 0 Å². The van der Waals surface area contributed by atoms with Gasteiger partial charge in [0, 0.05) is 29.7 Å². The molecule has 3 heteroatoms. The zero-order valence-electron chi connectivity index (χ0n) is 10.6. The van der Waals surface area contributed by atoms with Crippen molar-refractivity contribution in [3.05, 3.63) is 66.6 Å². The molecule has 0 atom stereocenters. The van der Waals surface area contributed by atoms with Crippen LogP contribution in [0.25, 0.3) is 22.6 Å². The third-order valence-corrected chi connectivity index (χ3v) is 2.92. The Labute approximate surface area is 112 Å². The van der Waals surface area contributed by atoms with E-state index in [9.17, 15) is 0 Å². The third kappa shape index (κ3) is 2.50. The Morgan fingerprint density at radius 1 is 0.842 bits per heavy atom. The average molecular weight is 247 g/mol. The number of hydrogen-bond acceptors (Lipinski definition) is 3. The molecular formula is C16H13N3. The number of aryl methyl sites for hydroxylation is 1. The second-order valence-corrected chi connectivity index (χ2v) is 4.37. The normalized spacial score (nSPS) is 10.4. The van der Waals surface area contributed by atoms with E-state index in [1.165, 1.54) is 5.56 Å². The van der Waals surface area contributed by atoms with Crippen molar-refractivity contribution >= 4 is 0 Å². The van der Waals surface area contributed by atoms with E-state index in [0.717, 1.165) is 22.6 Å². The molecule has 0 aliphatic carbocycles. The molecule has 0 unspecified atom stereocenters. The lowest BCUT2D eigenvalue weighted by Crippen LogP contribution is -1.91. The minimum atomic E-state index is 0.737. The van der Waals surface area contributed by atoms with Crippen molar-refractivity contribution < 1.29 is 0 Å². The molecule has 3 rings (SSSR count). The Kier molecular flexibility index (Phi) is 3.02. The van der Waals surface area contributed by atoms with Crippen molar-refractivity contribution in [2.45, 2.75) is 6.92 Å². The summed E-state index contributed by atoms with van der Waals surface area (Å²) in [4.78, 5) is 13.0. The van der Waals surface area contributed by atoms with Crippen LogP contribution in [0, 0.1) is 6.92 Å². The van der Waals surface area contributed by atoms with Crippen LogP contribution in [0.3, 0.4) is 0 Å². The number of nitrogens with zero attached hydrogens (tertiary/aromatic N) is 3. The molecule has 3 nitrogen and oxygen atoms in total. The molecule has 3 aromatic rings. The molecule has 0 spiro atoms. The fourth-order valence-electron chi connectivity index (χ4n) is 1.88. The van der Waals surface area contributed by atoms with Crippen molar-refractivity contribution in [1.29, 1.82) is 0 Å². The molecule has 0 saturated carbocycles. The van der Waals surface area contributed by atoms with Crippen LogP contribution in [0.5, 0.6) is 0 Å². The maximum Gasteiger partial charge on any atom is 0.159 e. The predicted octanol–water partition coefficient (Wildman–Crippen LogP) is 3.51. The second-order valence-electron chi connectivity index (χ2n) is 4.37. The topological polar surface area (TPSA) is 38.7 Å². The average Bonchev–Trinajstić information content (AvgIpc) is 2.49. The smallest absolute Gasteiger partial charge is 0.159 e. The van der Waals surface area contributed by atoms with Crippen LogP contribution in [0.2, 0.25) is 0 Å². The zero-order chi connectivity index (χ0) is 13.1. The Morgan fingerprint density at radius 3 is 2.42 bits per heavy atom. The van der Waals surface area contributed by atoms with Crippen LogP contribution in [0.4, 0.5) is 0 Å². The Bertz CT molecular complexity index is 676. The van der Waals surface area contributed by atoms with Crippen LogP contribution in [-0.4, -0.2) is 15.0 Å². The molecule has 1 aromatic carbocycles. The molecule has 2 heterocycles. The molecule has 0 amide bonds. The third-order valence-electron chi connectivity index (χ3n) is 2.92. The van der Waals surface area contributed by atoms with Gasteiger partial charge in [0.25, 0.3) is 0 Å². The monoisotopic (exact) mass is 247 g/mol. The first-order chi connectivity index (χ1) is 9.33. The Balaban J connectivity index is 2.03. The molecule has 0 bridgehead atoms. The van der Waals surface area contributed by atoms with Crippen LogP contribution in [0.1, 0.15) is 5.56 Å². The van der Waals surface area contributed by atoms with Gasteiger partial charge in [-0.15, -0.1) is 0 Å². The van der Waals surface area contributed by atoms with Gasteiger partial charge in [0.05, 0.1) is 5.69 Å². The fraction of sp³-hybridized carbons (Fsp3) is 0.0625. The van der Waals surface area contributed by atoms with Crippen molar-refractivity contribution in [1.82, 2.24) is 15.0 Å². The summed E-state index contributed by atoms with van der Waals surface area (Å²) in [6, 6.07) is 14.0. The molecule has 0 N–H and O–H groups in total. The molecule has 19 heavy (non-hydrogen) atoms. The highest BCUT2D eigenvalue weighted by atomic mass is 14.9. The van der Waals surface area contributed by atoms with E-state index in [2.05, 4.69) is 34.0 Å². The first-order valence-corrected chi connectivity index (χ1v) is 6.13. The molecule has 0 saturated heterocycles. The van der Waals surface area contributed by atoms with E-state index in [1.54, 1.807) is 18.6 Å². The minimum Gasteiger partial charge on any atom is -0.264 e. The highest BCUT2D eigenvalue weighted by Gasteiger charge is 2.04. The van der Waals surface area contributed by atoms with Gasteiger partial charge in [0.15, 0.2) is 5.82 Å². The fourth-order valence-corrected chi connectivity index (χ4v) is 1.88. The first kappa shape index (κ1) is 11.5. The molecule has 0 aliphatic rings. The number of hydrogen-bond donors (Lipinski definition) is 0. The summed E-state index contributed by atoms with van der Waals surface area (Å²) >= 11 is 0. The van der Waals surface area contributed by atoms with Gasteiger partial charge in [-0.2, -0.15) is 0 Å². The quantitative estimate of drug-likeness (QED) is 0.695. The summed E-state index contributed by atoms with van der Waals surface area (Å²) in [6.07, 6.45) is 5.34. The summed E-state index contributed by atoms with van der Waals surface area (Å²) in [5, 5.41) is 0. The molecular weight excluding hydrogens is 234 g/mol. The highest BCUT2D eigenvalue weighted by molar-refractivity contribution is 5.62. The summed E-state index contributed by atoms with van der Waals surface area (Å²) in [5.41, 5.74) is 4.14. The molecule has 0 radical (unpaired) electrons. The number of benzene rings is 1. The van der Waals surface area contributed by atoms with Crippen LogP contribution in [0.15, 0.2) is 61.1 Å². The van der Waals surface area contributed by atoms with Gasteiger partial charge >= 0.3 is 0 Å². The zero-order valence-corrected chi connectivity index (χ0v) is 10.6. The van der Waals surface area contributed by atoms with E-state index >= 15 is 0 Å². The van der Waals surface area contributed by atoms with Crippen LogP contribution < -0.4 is 0 Å². The van der Waals surface area contributed by atoms with Crippen molar-refractivity contribution in [3.63, 3.8) is 0 Å². The van der Waals surface area contributed by atoms with Gasteiger partial charge in [0.1, 0.15) is 0 Å². The van der Waals surface area contributed by atoms with E-state index < -0.39 is 0 Å². The van der Waals surface area contributed by atoms with Gasteiger partial charge in [0.2, 0.25) is 0 Å². The summed E-state index contributed by atoms with van der Waals surface area (Å²) < 4.78 is 0. The van der Waals surface area contributed by atoms with E-state index in [0.29, 0.717) is 0 Å². The molecule has 92 valence electrons.